The smallest absolute Gasteiger partial charge is 0.409 e. The standard InChI is InChI=1S/C20H22N2O5S2/c1-4-27-19(24)16-14-8-9-22(20(25)26-2)11-15(14)29-18(16)21-17(23)12-6-5-7-13(10-12)28-3/h5-7,10H,4,8-9,11H2,1-3H3,(H,21,23). The van der Waals surface area contributed by atoms with Crippen LogP contribution in [0.5, 0.6) is 0 Å². The molecule has 0 saturated carbocycles. The van der Waals surface area contributed by atoms with E-state index in [0.29, 0.717) is 35.6 Å². The van der Waals surface area contributed by atoms with Gasteiger partial charge < -0.3 is 19.7 Å². The fourth-order valence-corrected chi connectivity index (χ4v) is 4.84. The summed E-state index contributed by atoms with van der Waals surface area (Å²) in [7, 11) is 1.34. The van der Waals surface area contributed by atoms with Gasteiger partial charge in [0.1, 0.15) is 5.00 Å². The van der Waals surface area contributed by atoms with Crippen molar-refractivity contribution in [2.24, 2.45) is 0 Å². The molecular weight excluding hydrogens is 412 g/mol. The number of thioether (sulfide) groups is 1. The Kier molecular flexibility index (Phi) is 6.81. The number of nitrogens with one attached hydrogen (secondary N) is 1. The molecule has 0 radical (unpaired) electrons. The number of hydrogen-bond donors (Lipinski definition) is 1. The lowest BCUT2D eigenvalue weighted by atomic mass is 10.0. The minimum Gasteiger partial charge on any atom is -0.462 e. The van der Waals surface area contributed by atoms with Crippen LogP contribution in [0, 0.1) is 0 Å². The topological polar surface area (TPSA) is 84.9 Å². The van der Waals surface area contributed by atoms with Gasteiger partial charge in [0.25, 0.3) is 5.91 Å². The Morgan fingerprint density at radius 1 is 1.31 bits per heavy atom. The summed E-state index contributed by atoms with van der Waals surface area (Å²) in [6, 6.07) is 7.28. The molecule has 1 N–H and O–H groups in total. The molecule has 3 rings (SSSR count). The third-order valence-electron chi connectivity index (χ3n) is 4.53. The minimum absolute atomic E-state index is 0.237. The van der Waals surface area contributed by atoms with Crippen LogP contribution in [0.3, 0.4) is 0 Å². The van der Waals surface area contributed by atoms with Crippen LogP contribution >= 0.6 is 23.1 Å². The van der Waals surface area contributed by atoms with Gasteiger partial charge in [-0.1, -0.05) is 6.07 Å². The van der Waals surface area contributed by atoms with Gasteiger partial charge in [-0.25, -0.2) is 9.59 Å². The molecule has 0 unspecified atom stereocenters. The molecule has 1 aromatic heterocycles. The number of thiophene rings is 1. The quantitative estimate of drug-likeness (QED) is 0.565. The van der Waals surface area contributed by atoms with Crippen LogP contribution in [-0.4, -0.2) is 49.4 Å². The molecule has 9 heteroatoms. The van der Waals surface area contributed by atoms with Crippen LogP contribution in [-0.2, 0) is 22.4 Å². The second kappa shape index (κ2) is 9.32. The molecule has 0 atom stereocenters. The van der Waals surface area contributed by atoms with Gasteiger partial charge in [-0.2, -0.15) is 0 Å². The average Bonchev–Trinajstić information content (AvgIpc) is 3.10. The Hall–Kier alpha value is -2.52. The number of benzene rings is 1. The zero-order chi connectivity index (χ0) is 21.0. The molecular formula is C20H22N2O5S2. The van der Waals surface area contributed by atoms with Crippen molar-refractivity contribution >= 4 is 46.1 Å². The van der Waals surface area contributed by atoms with Crippen molar-refractivity contribution in [2.45, 2.75) is 24.8 Å². The zero-order valence-corrected chi connectivity index (χ0v) is 18.1. The molecule has 1 aliphatic rings. The normalized spacial score (nSPS) is 12.9. The fraction of sp³-hybridized carbons (Fsp3) is 0.350. The van der Waals surface area contributed by atoms with E-state index in [1.165, 1.54) is 18.4 Å². The summed E-state index contributed by atoms with van der Waals surface area (Å²) in [5.74, 6) is -0.764. The van der Waals surface area contributed by atoms with E-state index in [-0.39, 0.29) is 12.5 Å². The van der Waals surface area contributed by atoms with Gasteiger partial charge in [0, 0.05) is 21.9 Å². The van der Waals surface area contributed by atoms with Gasteiger partial charge in [0.2, 0.25) is 0 Å². The van der Waals surface area contributed by atoms with E-state index in [4.69, 9.17) is 9.47 Å². The molecule has 29 heavy (non-hydrogen) atoms. The van der Waals surface area contributed by atoms with E-state index in [9.17, 15) is 14.4 Å². The number of methoxy groups -OCH3 is 1. The number of nitrogens with zero attached hydrogens (tertiary/aromatic N) is 1. The van der Waals surface area contributed by atoms with Crippen LogP contribution in [0.1, 0.15) is 38.1 Å². The highest BCUT2D eigenvalue weighted by molar-refractivity contribution is 7.98. The van der Waals surface area contributed by atoms with Crippen molar-refractivity contribution < 1.29 is 23.9 Å². The molecule has 2 aromatic rings. The van der Waals surface area contributed by atoms with E-state index in [0.717, 1.165) is 15.3 Å². The first-order valence-electron chi connectivity index (χ1n) is 9.08. The number of anilines is 1. The van der Waals surface area contributed by atoms with Crippen LogP contribution in [0.15, 0.2) is 29.2 Å². The third kappa shape index (κ3) is 4.56. The maximum Gasteiger partial charge on any atom is 0.409 e. The van der Waals surface area contributed by atoms with Gasteiger partial charge >= 0.3 is 12.1 Å². The number of fused-ring (bicyclic) bond motifs is 1. The Labute approximate surface area is 177 Å². The number of carbonyl (C=O) groups excluding carboxylic acids is 3. The molecule has 0 saturated heterocycles. The highest BCUT2D eigenvalue weighted by Gasteiger charge is 2.31. The number of ether oxygens (including phenoxy) is 2. The molecule has 0 aliphatic carbocycles. The molecule has 7 nitrogen and oxygen atoms in total. The zero-order valence-electron chi connectivity index (χ0n) is 16.4. The van der Waals surface area contributed by atoms with Crippen molar-refractivity contribution in [3.63, 3.8) is 0 Å². The summed E-state index contributed by atoms with van der Waals surface area (Å²) in [6.07, 6.45) is 2.02. The number of carbonyl (C=O) groups is 3. The van der Waals surface area contributed by atoms with Gasteiger partial charge in [0.05, 0.1) is 25.8 Å². The summed E-state index contributed by atoms with van der Waals surface area (Å²) < 4.78 is 10.0. The summed E-state index contributed by atoms with van der Waals surface area (Å²) in [5, 5.41) is 3.31. The lowest BCUT2D eigenvalue weighted by Gasteiger charge is -2.25. The van der Waals surface area contributed by atoms with Crippen molar-refractivity contribution in [3.8, 4) is 0 Å². The first kappa shape index (κ1) is 21.2. The summed E-state index contributed by atoms with van der Waals surface area (Å²) in [6.45, 7) is 2.74. The Bertz CT molecular complexity index is 941. The highest BCUT2D eigenvalue weighted by atomic mass is 32.2. The highest BCUT2D eigenvalue weighted by Crippen LogP contribution is 2.38. The van der Waals surface area contributed by atoms with E-state index >= 15 is 0 Å². The summed E-state index contributed by atoms with van der Waals surface area (Å²) in [4.78, 5) is 40.7. The van der Waals surface area contributed by atoms with Crippen molar-refractivity contribution in [3.05, 3.63) is 45.8 Å². The largest absolute Gasteiger partial charge is 0.462 e. The number of rotatable bonds is 5. The predicted octanol–water partition coefficient (Wildman–Crippen LogP) is 4.02. The van der Waals surface area contributed by atoms with Gasteiger partial charge in [-0.3, -0.25) is 4.79 Å². The van der Waals surface area contributed by atoms with E-state index < -0.39 is 12.1 Å². The average molecular weight is 435 g/mol. The van der Waals surface area contributed by atoms with E-state index in [1.807, 2.05) is 18.4 Å². The van der Waals surface area contributed by atoms with Crippen LogP contribution in [0.25, 0.3) is 0 Å². The first-order chi connectivity index (χ1) is 14.0. The second-order valence-electron chi connectivity index (χ2n) is 6.26. The van der Waals surface area contributed by atoms with E-state index in [1.54, 1.807) is 35.7 Å². The lowest BCUT2D eigenvalue weighted by Crippen LogP contribution is -2.35. The fourth-order valence-electron chi connectivity index (χ4n) is 3.14. The predicted molar refractivity (Wildman–Crippen MR) is 113 cm³/mol. The SMILES string of the molecule is CCOC(=O)c1c(NC(=O)c2cccc(SC)c2)sc2c1CCN(C(=O)OC)C2. The van der Waals surface area contributed by atoms with Crippen LogP contribution in [0.2, 0.25) is 0 Å². The Morgan fingerprint density at radius 2 is 2.10 bits per heavy atom. The molecule has 1 aliphatic heterocycles. The first-order valence-corrected chi connectivity index (χ1v) is 11.1. The minimum atomic E-state index is -0.468. The van der Waals surface area contributed by atoms with Crippen LogP contribution < -0.4 is 5.32 Å². The maximum absolute atomic E-state index is 12.8. The maximum atomic E-state index is 12.8. The molecule has 0 spiro atoms. The van der Waals surface area contributed by atoms with Crippen molar-refractivity contribution in [2.75, 3.05) is 31.8 Å². The number of amides is 2. The second-order valence-corrected chi connectivity index (χ2v) is 8.24. The van der Waals surface area contributed by atoms with Gasteiger partial charge in [0.15, 0.2) is 0 Å². The van der Waals surface area contributed by atoms with E-state index in [2.05, 4.69) is 5.32 Å². The number of esters is 1. The van der Waals surface area contributed by atoms with Gasteiger partial charge in [-0.05, 0) is 43.4 Å². The molecule has 2 heterocycles. The monoisotopic (exact) mass is 434 g/mol. The summed E-state index contributed by atoms with van der Waals surface area (Å²) >= 11 is 2.84. The molecule has 0 bridgehead atoms. The van der Waals surface area contributed by atoms with Crippen molar-refractivity contribution in [1.82, 2.24) is 4.90 Å². The molecule has 154 valence electrons. The molecule has 1 aromatic carbocycles. The Balaban J connectivity index is 1.93. The third-order valence-corrected chi connectivity index (χ3v) is 6.39. The number of hydrogen-bond acceptors (Lipinski definition) is 7. The summed E-state index contributed by atoms with van der Waals surface area (Å²) in [5.41, 5.74) is 1.71. The van der Waals surface area contributed by atoms with Crippen molar-refractivity contribution in [1.29, 1.82) is 0 Å². The molecule has 0 fully saturated rings. The molecule has 2 amide bonds. The Morgan fingerprint density at radius 3 is 2.79 bits per heavy atom. The lowest BCUT2D eigenvalue weighted by molar-refractivity contribution is 0.0526. The van der Waals surface area contributed by atoms with Gasteiger partial charge in [-0.15, -0.1) is 23.1 Å². The van der Waals surface area contributed by atoms with Crippen LogP contribution in [0.4, 0.5) is 9.80 Å².